The molecule has 0 radical (unpaired) electrons. The molecule has 0 heterocycles. The Hall–Kier alpha value is -1.33. The number of nitrogens with zero attached hydrogens (tertiary/aromatic N) is 1. The van der Waals surface area contributed by atoms with Crippen LogP contribution in [-0.4, -0.2) is 31.0 Å². The third kappa shape index (κ3) is 4.08. The van der Waals surface area contributed by atoms with E-state index in [0.29, 0.717) is 10.6 Å². The molecule has 0 aliphatic rings. The van der Waals surface area contributed by atoms with E-state index in [1.165, 1.54) is 0 Å². The number of carbonyl (C=O) groups excluding carboxylic acids is 1. The molecule has 1 aromatic carbocycles. The lowest BCUT2D eigenvalue weighted by atomic mass is 10.1. The summed E-state index contributed by atoms with van der Waals surface area (Å²) in [6, 6.07) is 5.44. The third-order valence-electron chi connectivity index (χ3n) is 2.69. The predicted molar refractivity (Wildman–Crippen MR) is 83.9 cm³/mol. The van der Waals surface area contributed by atoms with Crippen LogP contribution in [0.3, 0.4) is 0 Å². The van der Waals surface area contributed by atoms with Gasteiger partial charge < -0.3 is 16.0 Å². The highest BCUT2D eigenvalue weighted by Crippen LogP contribution is 2.27. The molecular weight excluding hydrogens is 282 g/mol. The zero-order chi connectivity index (χ0) is 14.4. The van der Waals surface area contributed by atoms with E-state index in [0.717, 1.165) is 18.7 Å². The van der Waals surface area contributed by atoms with Gasteiger partial charge in [0.2, 0.25) is 5.91 Å². The van der Waals surface area contributed by atoms with E-state index in [4.69, 9.17) is 29.6 Å². The van der Waals surface area contributed by atoms with Crippen LogP contribution >= 0.6 is 23.8 Å². The summed E-state index contributed by atoms with van der Waals surface area (Å²) in [5.74, 6) is -0.0673. The van der Waals surface area contributed by atoms with Gasteiger partial charge in [-0.2, -0.15) is 0 Å². The number of anilines is 1. The summed E-state index contributed by atoms with van der Waals surface area (Å²) < 4.78 is 0. The van der Waals surface area contributed by atoms with Crippen molar-refractivity contribution in [1.82, 2.24) is 5.32 Å². The molecule has 0 saturated carbocycles. The summed E-state index contributed by atoms with van der Waals surface area (Å²) in [6.45, 7) is 3.02. The zero-order valence-corrected chi connectivity index (χ0v) is 12.6. The molecular formula is C13H18ClN3OS. The van der Waals surface area contributed by atoms with Gasteiger partial charge in [0.05, 0.1) is 17.1 Å². The number of hydrogen-bond acceptors (Lipinski definition) is 3. The SMILES string of the molecule is CCCN(CC(=O)NC)c1cccc(Cl)c1C(N)=S. The number of thiocarbonyl (C=S) groups is 1. The molecule has 0 unspecified atom stereocenters. The van der Waals surface area contributed by atoms with E-state index in [2.05, 4.69) is 5.32 Å². The number of likely N-dealkylation sites (N-methyl/N-ethyl adjacent to an activating group) is 1. The van der Waals surface area contributed by atoms with Crippen LogP contribution < -0.4 is 16.0 Å². The van der Waals surface area contributed by atoms with E-state index in [9.17, 15) is 4.79 Å². The third-order valence-corrected chi connectivity index (χ3v) is 3.20. The van der Waals surface area contributed by atoms with Crippen molar-refractivity contribution in [3.63, 3.8) is 0 Å². The van der Waals surface area contributed by atoms with Crippen molar-refractivity contribution in [1.29, 1.82) is 0 Å². The number of nitrogens with two attached hydrogens (primary N) is 1. The second kappa shape index (κ2) is 7.31. The van der Waals surface area contributed by atoms with E-state index >= 15 is 0 Å². The fourth-order valence-electron chi connectivity index (χ4n) is 1.83. The standard InChI is InChI=1S/C13H18ClN3OS/c1-3-7-17(8-11(18)16-2)10-6-4-5-9(14)12(10)13(15)19/h4-6H,3,7-8H2,1-2H3,(H2,15,19)(H,16,18). The minimum Gasteiger partial charge on any atom is -0.389 e. The lowest BCUT2D eigenvalue weighted by Crippen LogP contribution is -2.37. The molecule has 0 atom stereocenters. The van der Waals surface area contributed by atoms with Crippen molar-refractivity contribution in [2.75, 3.05) is 25.0 Å². The Balaban J connectivity index is 3.18. The Kier molecular flexibility index (Phi) is 6.05. The number of hydrogen-bond donors (Lipinski definition) is 2. The van der Waals surface area contributed by atoms with Crippen molar-refractivity contribution < 1.29 is 4.79 Å². The number of benzene rings is 1. The maximum atomic E-state index is 11.6. The first-order valence-corrected chi connectivity index (χ1v) is 6.83. The van der Waals surface area contributed by atoms with Crippen molar-refractivity contribution in [3.05, 3.63) is 28.8 Å². The molecule has 1 aromatic rings. The fraction of sp³-hybridized carbons (Fsp3) is 0.385. The van der Waals surface area contributed by atoms with Gasteiger partial charge in [-0.05, 0) is 18.6 Å². The maximum Gasteiger partial charge on any atom is 0.239 e. The number of amides is 1. The van der Waals surface area contributed by atoms with Crippen LogP contribution in [0.5, 0.6) is 0 Å². The largest absolute Gasteiger partial charge is 0.389 e. The smallest absolute Gasteiger partial charge is 0.239 e. The molecule has 19 heavy (non-hydrogen) atoms. The minimum atomic E-state index is -0.0673. The number of rotatable bonds is 6. The first kappa shape index (κ1) is 15.7. The summed E-state index contributed by atoms with van der Waals surface area (Å²) in [5.41, 5.74) is 7.15. The Morgan fingerprint density at radius 1 is 1.53 bits per heavy atom. The van der Waals surface area contributed by atoms with Crippen molar-refractivity contribution in [2.24, 2.45) is 5.73 Å². The lowest BCUT2D eigenvalue weighted by Gasteiger charge is -2.26. The average Bonchev–Trinajstić information content (AvgIpc) is 2.37. The summed E-state index contributed by atoms with van der Waals surface area (Å²) in [6.07, 6.45) is 0.903. The molecule has 0 aliphatic carbocycles. The molecule has 6 heteroatoms. The molecule has 0 aromatic heterocycles. The second-order valence-electron chi connectivity index (χ2n) is 4.09. The van der Waals surface area contributed by atoms with Gasteiger partial charge >= 0.3 is 0 Å². The molecule has 104 valence electrons. The van der Waals surface area contributed by atoms with E-state index < -0.39 is 0 Å². The van der Waals surface area contributed by atoms with Gasteiger partial charge in [0.1, 0.15) is 4.99 Å². The van der Waals surface area contributed by atoms with Gasteiger partial charge in [0.15, 0.2) is 0 Å². The van der Waals surface area contributed by atoms with Crippen LogP contribution in [0, 0.1) is 0 Å². The van der Waals surface area contributed by atoms with Crippen LogP contribution in [0.25, 0.3) is 0 Å². The van der Waals surface area contributed by atoms with Crippen molar-refractivity contribution in [2.45, 2.75) is 13.3 Å². The molecule has 1 amide bonds. The summed E-state index contributed by atoms with van der Waals surface area (Å²) in [5, 5.41) is 3.11. The first-order chi connectivity index (χ1) is 9.01. The normalized spacial score (nSPS) is 10.1. The van der Waals surface area contributed by atoms with Crippen molar-refractivity contribution >= 4 is 40.4 Å². The molecule has 0 aliphatic heterocycles. The fourth-order valence-corrected chi connectivity index (χ4v) is 2.37. The van der Waals surface area contributed by atoms with E-state index in [-0.39, 0.29) is 17.4 Å². The molecule has 0 fully saturated rings. The first-order valence-electron chi connectivity index (χ1n) is 6.05. The molecule has 0 spiro atoms. The Morgan fingerprint density at radius 3 is 2.74 bits per heavy atom. The monoisotopic (exact) mass is 299 g/mol. The van der Waals surface area contributed by atoms with Crippen LogP contribution in [0.15, 0.2) is 18.2 Å². The van der Waals surface area contributed by atoms with Gasteiger partial charge in [-0.25, -0.2) is 0 Å². The Labute approximate surface area is 123 Å². The minimum absolute atomic E-state index is 0.0673. The van der Waals surface area contributed by atoms with Gasteiger partial charge in [-0.1, -0.05) is 36.8 Å². The van der Waals surface area contributed by atoms with Gasteiger partial charge in [0, 0.05) is 19.3 Å². The lowest BCUT2D eigenvalue weighted by molar-refractivity contribution is -0.119. The van der Waals surface area contributed by atoms with Crippen LogP contribution in [0.2, 0.25) is 5.02 Å². The highest BCUT2D eigenvalue weighted by atomic mass is 35.5. The molecule has 3 N–H and O–H groups in total. The number of nitrogens with one attached hydrogen (secondary N) is 1. The highest BCUT2D eigenvalue weighted by molar-refractivity contribution is 7.80. The summed E-state index contributed by atoms with van der Waals surface area (Å²) in [7, 11) is 1.61. The molecule has 0 bridgehead atoms. The average molecular weight is 300 g/mol. The van der Waals surface area contributed by atoms with E-state index in [1.807, 2.05) is 24.0 Å². The molecule has 1 rings (SSSR count). The Bertz CT molecular complexity index is 479. The molecule has 0 saturated heterocycles. The zero-order valence-electron chi connectivity index (χ0n) is 11.1. The highest BCUT2D eigenvalue weighted by Gasteiger charge is 2.17. The summed E-state index contributed by atoms with van der Waals surface area (Å²) >= 11 is 11.2. The maximum absolute atomic E-state index is 11.6. The number of carbonyl (C=O) groups is 1. The van der Waals surface area contributed by atoms with Gasteiger partial charge in [-0.15, -0.1) is 0 Å². The van der Waals surface area contributed by atoms with E-state index in [1.54, 1.807) is 13.1 Å². The van der Waals surface area contributed by atoms with Gasteiger partial charge in [0.25, 0.3) is 0 Å². The van der Waals surface area contributed by atoms with Crippen LogP contribution in [0.1, 0.15) is 18.9 Å². The topological polar surface area (TPSA) is 58.4 Å². The molecule has 4 nitrogen and oxygen atoms in total. The van der Waals surface area contributed by atoms with Gasteiger partial charge in [-0.3, -0.25) is 4.79 Å². The predicted octanol–water partition coefficient (Wildman–Crippen LogP) is 1.94. The second-order valence-corrected chi connectivity index (χ2v) is 4.94. The Morgan fingerprint density at radius 2 is 2.21 bits per heavy atom. The summed E-state index contributed by atoms with van der Waals surface area (Å²) in [4.78, 5) is 13.8. The van der Waals surface area contributed by atoms with Crippen molar-refractivity contribution in [3.8, 4) is 0 Å². The quantitative estimate of drug-likeness (QED) is 0.788. The van der Waals surface area contributed by atoms with Crippen LogP contribution in [-0.2, 0) is 4.79 Å². The van der Waals surface area contributed by atoms with Crippen LogP contribution in [0.4, 0.5) is 5.69 Å². The number of halogens is 1.